The molecule has 2 aliphatic heterocycles. The first-order chi connectivity index (χ1) is 10.4. The molecule has 0 bridgehead atoms. The Morgan fingerprint density at radius 2 is 2.18 bits per heavy atom. The number of amides is 1. The number of halogens is 1. The number of aliphatic hydroxyl groups excluding tert-OH is 1. The molecule has 5 nitrogen and oxygen atoms in total. The smallest absolute Gasteiger partial charge is 0.339 e. The van der Waals surface area contributed by atoms with E-state index in [0.29, 0.717) is 18.7 Å². The van der Waals surface area contributed by atoms with Crippen LogP contribution in [-0.2, 0) is 14.3 Å². The fourth-order valence-corrected chi connectivity index (χ4v) is 3.69. The van der Waals surface area contributed by atoms with E-state index in [-0.39, 0.29) is 5.91 Å². The molecule has 22 heavy (non-hydrogen) atoms. The first-order valence-electron chi connectivity index (χ1n) is 7.88. The van der Waals surface area contributed by atoms with Gasteiger partial charge in [-0.05, 0) is 26.2 Å². The highest BCUT2D eigenvalue weighted by molar-refractivity contribution is 6.18. The average Bonchev–Trinajstić information content (AvgIpc) is 2.65. The summed E-state index contributed by atoms with van der Waals surface area (Å²) in [5, 5.41) is 13.2. The van der Waals surface area contributed by atoms with Gasteiger partial charge in [0.15, 0.2) is 5.60 Å². The molecule has 2 fully saturated rings. The molecule has 2 heterocycles. The standard InChI is InChI=1S/C16H24ClNO4/c1-3-4-5-6-7-8-12(19)16-14(21)22-15(16,2)11(9-10-17)13(20)18-16/h6-7,11-12,19H,3-5,8-10H2,1-2H3,(H,18,20)/b7-6-/t11-,12?,15-,16-/m0/s1. The van der Waals surface area contributed by atoms with Gasteiger partial charge in [-0.2, -0.15) is 0 Å². The fraction of sp³-hybridized carbons (Fsp3) is 0.750. The number of hydrogen-bond donors (Lipinski definition) is 2. The highest BCUT2D eigenvalue weighted by Crippen LogP contribution is 2.52. The van der Waals surface area contributed by atoms with Crippen LogP contribution in [0.4, 0.5) is 0 Å². The topological polar surface area (TPSA) is 75.6 Å². The predicted octanol–water partition coefficient (Wildman–Crippen LogP) is 1.91. The van der Waals surface area contributed by atoms with Crippen molar-refractivity contribution in [2.24, 2.45) is 5.92 Å². The number of carbonyl (C=O) groups is 2. The molecule has 2 rings (SSSR count). The van der Waals surface area contributed by atoms with E-state index >= 15 is 0 Å². The third kappa shape index (κ3) is 2.44. The molecule has 0 saturated carbocycles. The van der Waals surface area contributed by atoms with Crippen LogP contribution in [-0.4, -0.2) is 40.1 Å². The molecule has 0 aliphatic carbocycles. The number of esters is 1. The van der Waals surface area contributed by atoms with Crippen molar-refractivity contribution < 1.29 is 19.4 Å². The van der Waals surface area contributed by atoms with Crippen LogP contribution >= 0.6 is 11.6 Å². The number of alkyl halides is 1. The van der Waals surface area contributed by atoms with Crippen molar-refractivity contribution in [1.29, 1.82) is 0 Å². The zero-order valence-electron chi connectivity index (χ0n) is 13.1. The van der Waals surface area contributed by atoms with E-state index < -0.39 is 29.1 Å². The lowest BCUT2D eigenvalue weighted by molar-refractivity contribution is -0.234. The molecule has 0 aromatic rings. The average molecular weight is 330 g/mol. The van der Waals surface area contributed by atoms with Gasteiger partial charge in [-0.1, -0.05) is 31.9 Å². The van der Waals surface area contributed by atoms with Gasteiger partial charge in [-0.25, -0.2) is 4.79 Å². The molecular weight excluding hydrogens is 306 g/mol. The van der Waals surface area contributed by atoms with Gasteiger partial charge in [0.2, 0.25) is 11.4 Å². The number of rotatable bonds is 8. The summed E-state index contributed by atoms with van der Waals surface area (Å²) in [4.78, 5) is 24.2. The number of allylic oxidation sites excluding steroid dienone is 1. The molecule has 124 valence electrons. The Labute approximate surface area is 136 Å². The normalized spacial score (nSPS) is 35.0. The molecular formula is C16H24ClNO4. The van der Waals surface area contributed by atoms with Crippen LogP contribution in [0, 0.1) is 5.92 Å². The maximum absolute atomic E-state index is 12.2. The Bertz CT molecular complexity index is 481. The van der Waals surface area contributed by atoms with Gasteiger partial charge in [-0.15, -0.1) is 11.6 Å². The molecule has 1 unspecified atom stereocenters. The van der Waals surface area contributed by atoms with Gasteiger partial charge >= 0.3 is 5.97 Å². The second-order valence-electron chi connectivity index (χ2n) is 6.19. The molecule has 0 aromatic heterocycles. The van der Waals surface area contributed by atoms with Crippen LogP contribution < -0.4 is 5.32 Å². The number of carbonyl (C=O) groups excluding carboxylic acids is 2. The van der Waals surface area contributed by atoms with Gasteiger partial charge in [0.1, 0.15) is 0 Å². The third-order valence-corrected chi connectivity index (χ3v) is 5.08. The highest BCUT2D eigenvalue weighted by atomic mass is 35.5. The van der Waals surface area contributed by atoms with Crippen molar-refractivity contribution in [3.05, 3.63) is 12.2 Å². The molecule has 2 aliphatic rings. The van der Waals surface area contributed by atoms with Crippen molar-refractivity contribution in [1.82, 2.24) is 5.32 Å². The van der Waals surface area contributed by atoms with Crippen LogP contribution in [0.1, 0.15) is 46.0 Å². The lowest BCUT2D eigenvalue weighted by Crippen LogP contribution is -2.79. The molecule has 1 amide bonds. The van der Waals surface area contributed by atoms with E-state index in [1.807, 2.05) is 12.2 Å². The monoisotopic (exact) mass is 329 g/mol. The van der Waals surface area contributed by atoms with Gasteiger partial charge in [0.05, 0.1) is 12.0 Å². The molecule has 4 atom stereocenters. The summed E-state index contributed by atoms with van der Waals surface area (Å²) in [6, 6.07) is 0. The van der Waals surface area contributed by atoms with E-state index in [0.717, 1.165) is 19.3 Å². The van der Waals surface area contributed by atoms with Gasteiger partial charge in [0.25, 0.3) is 0 Å². The van der Waals surface area contributed by atoms with Crippen LogP contribution in [0.5, 0.6) is 0 Å². The summed E-state index contributed by atoms with van der Waals surface area (Å²) < 4.78 is 5.29. The van der Waals surface area contributed by atoms with E-state index in [9.17, 15) is 14.7 Å². The Morgan fingerprint density at radius 1 is 1.45 bits per heavy atom. The molecule has 0 radical (unpaired) electrons. The van der Waals surface area contributed by atoms with Crippen LogP contribution in [0.15, 0.2) is 12.2 Å². The van der Waals surface area contributed by atoms with Crippen molar-refractivity contribution >= 4 is 23.5 Å². The minimum Gasteiger partial charge on any atom is -0.453 e. The van der Waals surface area contributed by atoms with Crippen molar-refractivity contribution in [2.75, 3.05) is 5.88 Å². The number of nitrogens with one attached hydrogen (secondary N) is 1. The zero-order valence-corrected chi connectivity index (χ0v) is 13.9. The Balaban J connectivity index is 2.11. The van der Waals surface area contributed by atoms with Crippen LogP contribution in [0.25, 0.3) is 0 Å². The molecule has 0 aromatic carbocycles. The number of fused-ring (bicyclic) bond motifs is 1. The number of ether oxygens (including phenoxy) is 1. The van der Waals surface area contributed by atoms with E-state index in [4.69, 9.17) is 16.3 Å². The van der Waals surface area contributed by atoms with Crippen molar-refractivity contribution in [3.63, 3.8) is 0 Å². The van der Waals surface area contributed by atoms with E-state index in [1.165, 1.54) is 0 Å². The molecule has 2 saturated heterocycles. The molecule has 2 N–H and O–H groups in total. The lowest BCUT2D eigenvalue weighted by atomic mass is 9.67. The number of hydrogen-bond acceptors (Lipinski definition) is 4. The fourth-order valence-electron chi connectivity index (χ4n) is 3.47. The zero-order chi connectivity index (χ0) is 16.4. The number of aliphatic hydroxyl groups is 1. The maximum atomic E-state index is 12.2. The largest absolute Gasteiger partial charge is 0.453 e. The predicted molar refractivity (Wildman–Crippen MR) is 83.5 cm³/mol. The summed E-state index contributed by atoms with van der Waals surface area (Å²) in [5.74, 6) is -1.05. The highest BCUT2D eigenvalue weighted by Gasteiger charge is 2.78. The maximum Gasteiger partial charge on any atom is 0.339 e. The number of unbranched alkanes of at least 4 members (excludes halogenated alkanes) is 2. The van der Waals surface area contributed by atoms with Gasteiger partial charge in [0, 0.05) is 5.88 Å². The summed E-state index contributed by atoms with van der Waals surface area (Å²) in [5.41, 5.74) is -2.36. The SMILES string of the molecule is CCCC/C=C\CC(O)[C@@]12NC(=O)[C@H](CCCl)[C@]1(C)OC2=O. The van der Waals surface area contributed by atoms with E-state index in [1.54, 1.807) is 6.92 Å². The van der Waals surface area contributed by atoms with Crippen molar-refractivity contribution in [2.45, 2.75) is 63.2 Å². The first kappa shape index (κ1) is 17.3. The third-order valence-electron chi connectivity index (χ3n) is 4.86. The minimum atomic E-state index is -1.34. The van der Waals surface area contributed by atoms with Gasteiger partial charge in [-0.3, -0.25) is 4.79 Å². The second-order valence-corrected chi connectivity index (χ2v) is 6.57. The van der Waals surface area contributed by atoms with Crippen LogP contribution in [0.2, 0.25) is 0 Å². The Hall–Kier alpha value is -1.07. The van der Waals surface area contributed by atoms with E-state index in [2.05, 4.69) is 12.2 Å². The summed E-state index contributed by atoms with van der Waals surface area (Å²) in [7, 11) is 0. The summed E-state index contributed by atoms with van der Waals surface area (Å²) in [6.07, 6.45) is 6.73. The molecule has 0 spiro atoms. The minimum absolute atomic E-state index is 0.275. The van der Waals surface area contributed by atoms with Gasteiger partial charge < -0.3 is 15.2 Å². The van der Waals surface area contributed by atoms with Crippen molar-refractivity contribution in [3.8, 4) is 0 Å². The quantitative estimate of drug-likeness (QED) is 0.309. The second kappa shape index (κ2) is 6.59. The summed E-state index contributed by atoms with van der Waals surface area (Å²) >= 11 is 5.75. The van der Waals surface area contributed by atoms with Crippen LogP contribution in [0.3, 0.4) is 0 Å². The Kier molecular flexibility index (Phi) is 5.17. The first-order valence-corrected chi connectivity index (χ1v) is 8.42. The Morgan fingerprint density at radius 3 is 2.77 bits per heavy atom. The lowest BCUT2D eigenvalue weighted by Gasteiger charge is -2.53. The summed E-state index contributed by atoms with van der Waals surface area (Å²) in [6.45, 7) is 3.82. The molecule has 6 heteroatoms.